The molecule has 286 valence electrons. The molecule has 0 atom stereocenters. The van der Waals surface area contributed by atoms with Gasteiger partial charge in [-0.25, -0.2) is 23.5 Å². The average molecular weight is 747 g/mol. The van der Waals surface area contributed by atoms with E-state index >= 15 is 0 Å². The average Bonchev–Trinajstić information content (AvgIpc) is 3.18. The summed E-state index contributed by atoms with van der Waals surface area (Å²) in [5, 5.41) is 9.90. The van der Waals surface area contributed by atoms with Gasteiger partial charge in [-0.05, 0) is 99.4 Å². The second-order valence-corrected chi connectivity index (χ2v) is 12.7. The van der Waals surface area contributed by atoms with Crippen molar-refractivity contribution in [3.63, 3.8) is 0 Å². The lowest BCUT2D eigenvalue weighted by Crippen LogP contribution is -2.42. The SMILES string of the molecule is COC(=O)N1CCC(Nc2ccc(C(=O)c3cc(F)ccc3OC)c(N)n2)CC1.COc1ccc(F)cc1C(=O)c1ccc(NC2CCNCC2)nc1N. The fourth-order valence-corrected chi connectivity index (χ4v) is 6.22. The monoisotopic (exact) mass is 746 g/mol. The predicted molar refractivity (Wildman–Crippen MR) is 200 cm³/mol. The van der Waals surface area contributed by atoms with Gasteiger partial charge in [0, 0.05) is 25.2 Å². The number of carbonyl (C=O) groups is 3. The Morgan fingerprint density at radius 3 is 1.54 bits per heavy atom. The molecule has 0 unspecified atom stereocenters. The maximum Gasteiger partial charge on any atom is 0.409 e. The molecule has 2 fully saturated rings. The summed E-state index contributed by atoms with van der Waals surface area (Å²) < 4.78 is 42.1. The van der Waals surface area contributed by atoms with Gasteiger partial charge < -0.3 is 46.5 Å². The highest BCUT2D eigenvalue weighted by Crippen LogP contribution is 2.27. The van der Waals surface area contributed by atoms with Crippen LogP contribution in [0.1, 0.15) is 57.5 Å². The number of hydrogen-bond acceptors (Lipinski definition) is 13. The maximum absolute atomic E-state index is 13.6. The number of hydrogen-bond donors (Lipinski definition) is 5. The largest absolute Gasteiger partial charge is 0.496 e. The van der Waals surface area contributed by atoms with Crippen LogP contribution >= 0.6 is 0 Å². The molecule has 2 aliphatic heterocycles. The molecule has 2 aliphatic rings. The second-order valence-electron chi connectivity index (χ2n) is 12.7. The van der Waals surface area contributed by atoms with Crippen molar-refractivity contribution >= 4 is 40.9 Å². The lowest BCUT2D eigenvalue weighted by atomic mass is 10.0. The summed E-state index contributed by atoms with van der Waals surface area (Å²) in [7, 11) is 4.20. The lowest BCUT2D eigenvalue weighted by molar-refractivity contribution is 0.102. The van der Waals surface area contributed by atoms with Gasteiger partial charge >= 0.3 is 6.09 Å². The smallest absolute Gasteiger partial charge is 0.409 e. The summed E-state index contributed by atoms with van der Waals surface area (Å²) in [6, 6.07) is 14.5. The first-order valence-electron chi connectivity index (χ1n) is 17.4. The number of pyridine rings is 2. The van der Waals surface area contributed by atoms with Crippen LogP contribution < -0.4 is 36.9 Å². The first-order chi connectivity index (χ1) is 26.0. The van der Waals surface area contributed by atoms with Gasteiger partial charge in [0.05, 0.1) is 43.6 Å². The molecule has 4 heterocycles. The zero-order chi connectivity index (χ0) is 38.8. The van der Waals surface area contributed by atoms with Crippen molar-refractivity contribution < 1.29 is 37.4 Å². The summed E-state index contributed by atoms with van der Waals surface area (Å²) in [6.07, 6.45) is 3.14. The number of carbonyl (C=O) groups excluding carboxylic acids is 3. The Bertz CT molecular complexity index is 1970. The fourth-order valence-electron chi connectivity index (χ4n) is 6.22. The Morgan fingerprint density at radius 1 is 0.685 bits per heavy atom. The number of benzene rings is 2. The molecule has 0 aliphatic carbocycles. The number of nitrogens with zero attached hydrogens (tertiary/aromatic N) is 3. The number of nitrogen functional groups attached to an aromatic ring is 2. The third kappa shape index (κ3) is 9.69. The first-order valence-corrected chi connectivity index (χ1v) is 17.4. The summed E-state index contributed by atoms with van der Waals surface area (Å²) in [5.41, 5.74) is 12.6. The van der Waals surface area contributed by atoms with E-state index in [-0.39, 0.29) is 51.8 Å². The lowest BCUT2D eigenvalue weighted by Gasteiger charge is -2.31. The maximum atomic E-state index is 13.6. The molecular formula is C38H44F2N8O6. The molecule has 0 radical (unpaired) electrons. The minimum atomic E-state index is -0.544. The number of rotatable bonds is 10. The molecule has 0 saturated carbocycles. The number of nitrogens with two attached hydrogens (primary N) is 2. The van der Waals surface area contributed by atoms with E-state index in [2.05, 4.69) is 25.9 Å². The van der Waals surface area contributed by atoms with E-state index in [0.29, 0.717) is 36.5 Å². The molecule has 6 rings (SSSR count). The Kier molecular flexibility index (Phi) is 13.2. The van der Waals surface area contributed by atoms with Crippen LogP contribution in [0.5, 0.6) is 11.5 Å². The highest BCUT2D eigenvalue weighted by molar-refractivity contribution is 6.14. The van der Waals surface area contributed by atoms with E-state index in [9.17, 15) is 23.2 Å². The number of aromatic nitrogens is 2. The van der Waals surface area contributed by atoms with E-state index in [1.54, 1.807) is 29.2 Å². The first kappa shape index (κ1) is 39.2. The minimum Gasteiger partial charge on any atom is -0.496 e. The van der Waals surface area contributed by atoms with Gasteiger partial charge in [-0.2, -0.15) is 0 Å². The van der Waals surface area contributed by atoms with Crippen LogP contribution in [0.25, 0.3) is 0 Å². The Labute approximate surface area is 311 Å². The van der Waals surface area contributed by atoms with Gasteiger partial charge in [0.1, 0.15) is 46.4 Å². The number of ketones is 2. The van der Waals surface area contributed by atoms with Gasteiger partial charge in [0.2, 0.25) is 11.6 Å². The quantitative estimate of drug-likeness (QED) is 0.138. The minimum absolute atomic E-state index is 0.0401. The number of methoxy groups -OCH3 is 3. The Hall–Kier alpha value is -6.03. The van der Waals surface area contributed by atoms with Crippen LogP contribution in [0, 0.1) is 11.6 Å². The normalized spacial score (nSPS) is 14.6. The van der Waals surface area contributed by atoms with E-state index < -0.39 is 23.2 Å². The molecule has 16 heteroatoms. The van der Waals surface area contributed by atoms with Gasteiger partial charge in [0.15, 0.2) is 0 Å². The van der Waals surface area contributed by atoms with Gasteiger partial charge in [0.25, 0.3) is 0 Å². The summed E-state index contributed by atoms with van der Waals surface area (Å²) in [5.74, 6) is -0.0863. The molecule has 1 amide bonds. The zero-order valence-corrected chi connectivity index (χ0v) is 30.3. The number of likely N-dealkylation sites (tertiary alicyclic amines) is 1. The second kappa shape index (κ2) is 18.1. The number of nitrogens with one attached hydrogen (secondary N) is 3. The topological polar surface area (TPSA) is 196 Å². The molecule has 2 aromatic heterocycles. The van der Waals surface area contributed by atoms with Crippen LogP contribution in [0.4, 0.5) is 36.8 Å². The van der Waals surface area contributed by atoms with Crippen molar-refractivity contribution in [2.24, 2.45) is 0 Å². The summed E-state index contributed by atoms with van der Waals surface area (Å²) >= 11 is 0. The van der Waals surface area contributed by atoms with Gasteiger partial charge in [-0.15, -0.1) is 0 Å². The van der Waals surface area contributed by atoms with E-state index in [1.165, 1.54) is 45.6 Å². The fraction of sp³-hybridized carbons (Fsp3) is 0.342. The number of halogens is 2. The highest BCUT2D eigenvalue weighted by Gasteiger charge is 2.25. The van der Waals surface area contributed by atoms with Crippen molar-refractivity contribution in [1.29, 1.82) is 0 Å². The summed E-state index contributed by atoms with van der Waals surface area (Å²) in [6.45, 7) is 3.08. The molecule has 7 N–H and O–H groups in total. The number of amides is 1. The van der Waals surface area contributed by atoms with Crippen molar-refractivity contribution in [2.45, 2.75) is 37.8 Å². The standard InChI is InChI=1S/C20H23FN4O4.C18H21FN4O2/c1-28-16-5-3-12(21)11-15(16)18(26)14-4-6-17(24-19(14)22)23-13-7-9-25(10-8-13)20(27)29-2;1-25-15-4-2-11(19)10-14(15)17(24)13-3-5-16(23-18(13)20)22-12-6-8-21-9-7-12/h3-6,11,13H,7-10H2,1-2H3,(H3,22,23,24);2-5,10,12,21H,6-9H2,1H3,(H3,20,22,23). The molecule has 4 aromatic rings. The Morgan fingerprint density at radius 2 is 1.13 bits per heavy atom. The third-order valence-corrected chi connectivity index (χ3v) is 9.12. The predicted octanol–water partition coefficient (Wildman–Crippen LogP) is 4.89. The van der Waals surface area contributed by atoms with Gasteiger partial charge in [-0.3, -0.25) is 9.59 Å². The number of ether oxygens (including phenoxy) is 3. The van der Waals surface area contributed by atoms with E-state index in [1.807, 2.05) is 0 Å². The Balaban J connectivity index is 0.000000210. The molecule has 2 saturated heterocycles. The molecule has 54 heavy (non-hydrogen) atoms. The van der Waals surface area contributed by atoms with Crippen LogP contribution in [0.3, 0.4) is 0 Å². The van der Waals surface area contributed by atoms with Crippen molar-refractivity contribution in [3.05, 3.63) is 94.6 Å². The van der Waals surface area contributed by atoms with Crippen molar-refractivity contribution in [1.82, 2.24) is 20.2 Å². The molecule has 0 bridgehead atoms. The van der Waals surface area contributed by atoms with Crippen LogP contribution in [0.2, 0.25) is 0 Å². The van der Waals surface area contributed by atoms with E-state index in [0.717, 1.165) is 50.9 Å². The van der Waals surface area contributed by atoms with Crippen LogP contribution in [0.15, 0.2) is 60.7 Å². The van der Waals surface area contributed by atoms with Crippen LogP contribution in [-0.2, 0) is 4.74 Å². The molecule has 2 aromatic carbocycles. The molecular weight excluding hydrogens is 702 g/mol. The highest BCUT2D eigenvalue weighted by atomic mass is 19.1. The zero-order valence-electron chi connectivity index (χ0n) is 30.3. The molecule has 0 spiro atoms. The summed E-state index contributed by atoms with van der Waals surface area (Å²) in [4.78, 5) is 47.2. The van der Waals surface area contributed by atoms with Crippen LogP contribution in [-0.4, -0.2) is 92.1 Å². The van der Waals surface area contributed by atoms with Crippen molar-refractivity contribution in [2.75, 3.05) is 69.6 Å². The number of piperidine rings is 2. The molecule has 14 nitrogen and oxygen atoms in total. The van der Waals surface area contributed by atoms with Gasteiger partial charge in [-0.1, -0.05) is 0 Å². The van der Waals surface area contributed by atoms with E-state index in [4.69, 9.17) is 25.7 Å². The number of anilines is 4. The third-order valence-electron chi connectivity index (χ3n) is 9.12. The van der Waals surface area contributed by atoms with Crippen molar-refractivity contribution in [3.8, 4) is 11.5 Å².